The van der Waals surface area contributed by atoms with Gasteiger partial charge in [-0.3, -0.25) is 4.98 Å². The normalized spacial score (nSPS) is 13.9. The Labute approximate surface area is 188 Å². The summed E-state index contributed by atoms with van der Waals surface area (Å²) in [6.45, 7) is 2.36. The van der Waals surface area contributed by atoms with Gasteiger partial charge in [0.05, 0.1) is 11.2 Å². The standard InChI is InChI=1S/C24H21F2N5O2/c25-16-13-20-22(15-28-23(20)21(26)14-16)29-24(32)31-11-9-30(10-12-31)17-1-3-18(4-2-17)33-19-5-7-27-8-6-19/h1-8,13-15,28H,9-12H2,(H,29,32). The highest BCUT2D eigenvalue weighted by Crippen LogP contribution is 2.27. The van der Waals surface area contributed by atoms with Gasteiger partial charge in [-0.1, -0.05) is 0 Å². The Kier molecular flexibility index (Phi) is 5.52. The molecular weight excluding hydrogens is 428 g/mol. The van der Waals surface area contributed by atoms with Crippen LogP contribution in [0.15, 0.2) is 67.1 Å². The number of halogens is 2. The van der Waals surface area contributed by atoms with Crippen LogP contribution in [0.2, 0.25) is 0 Å². The summed E-state index contributed by atoms with van der Waals surface area (Å²) in [5.41, 5.74) is 1.55. The number of hydrogen-bond donors (Lipinski definition) is 2. The number of aromatic nitrogens is 2. The van der Waals surface area contributed by atoms with Gasteiger partial charge in [0, 0.05) is 61.9 Å². The molecule has 0 spiro atoms. The summed E-state index contributed by atoms with van der Waals surface area (Å²) in [6.07, 6.45) is 4.82. The van der Waals surface area contributed by atoms with Gasteiger partial charge in [-0.15, -0.1) is 0 Å². The van der Waals surface area contributed by atoms with Gasteiger partial charge in [0.2, 0.25) is 0 Å². The number of ether oxygens (including phenoxy) is 1. The number of anilines is 2. The van der Waals surface area contributed by atoms with Crippen molar-refractivity contribution in [2.75, 3.05) is 36.4 Å². The Morgan fingerprint density at radius 1 is 0.970 bits per heavy atom. The Hall–Kier alpha value is -4.14. The topological polar surface area (TPSA) is 73.5 Å². The van der Waals surface area contributed by atoms with Crippen LogP contribution in [0.4, 0.5) is 25.0 Å². The van der Waals surface area contributed by atoms with E-state index in [2.05, 4.69) is 20.2 Å². The molecular formula is C24H21F2N5O2. The Balaban J connectivity index is 1.18. The second kappa shape index (κ2) is 8.78. The molecule has 0 atom stereocenters. The number of H-pyrrole nitrogens is 1. The molecule has 1 saturated heterocycles. The highest BCUT2D eigenvalue weighted by Gasteiger charge is 2.22. The highest BCUT2D eigenvalue weighted by molar-refractivity contribution is 6.01. The third-order valence-corrected chi connectivity index (χ3v) is 5.60. The molecule has 2 amide bonds. The summed E-state index contributed by atoms with van der Waals surface area (Å²) in [5.74, 6) is 0.0600. The summed E-state index contributed by atoms with van der Waals surface area (Å²) < 4.78 is 33.3. The fourth-order valence-corrected chi connectivity index (χ4v) is 3.89. The molecule has 0 aliphatic carbocycles. The third-order valence-electron chi connectivity index (χ3n) is 5.60. The smallest absolute Gasteiger partial charge is 0.322 e. The first-order chi connectivity index (χ1) is 16.1. The van der Waals surface area contributed by atoms with Gasteiger partial charge in [0.1, 0.15) is 23.1 Å². The number of pyridine rings is 1. The predicted octanol–water partition coefficient (Wildman–Crippen LogP) is 4.99. The first-order valence-electron chi connectivity index (χ1n) is 10.5. The van der Waals surface area contributed by atoms with Gasteiger partial charge >= 0.3 is 6.03 Å². The quantitative estimate of drug-likeness (QED) is 0.461. The zero-order chi connectivity index (χ0) is 22.8. The van der Waals surface area contributed by atoms with Crippen molar-refractivity contribution in [3.63, 3.8) is 0 Å². The van der Waals surface area contributed by atoms with E-state index in [4.69, 9.17) is 4.74 Å². The maximum Gasteiger partial charge on any atom is 0.322 e. The second-order valence-corrected chi connectivity index (χ2v) is 7.70. The Morgan fingerprint density at radius 2 is 1.67 bits per heavy atom. The molecule has 4 aromatic rings. The number of hydrogen-bond acceptors (Lipinski definition) is 4. The van der Waals surface area contributed by atoms with E-state index in [9.17, 15) is 13.6 Å². The minimum Gasteiger partial charge on any atom is -0.457 e. The third kappa shape index (κ3) is 4.43. The largest absolute Gasteiger partial charge is 0.457 e. The lowest BCUT2D eigenvalue weighted by Gasteiger charge is -2.36. The molecule has 2 aromatic carbocycles. The van der Waals surface area contributed by atoms with Crippen LogP contribution in [0, 0.1) is 11.6 Å². The van der Waals surface area contributed by atoms with E-state index in [1.54, 1.807) is 29.4 Å². The predicted molar refractivity (Wildman–Crippen MR) is 122 cm³/mol. The van der Waals surface area contributed by atoms with Crippen molar-refractivity contribution >= 4 is 28.3 Å². The average Bonchev–Trinajstić information content (AvgIpc) is 3.23. The van der Waals surface area contributed by atoms with E-state index in [1.165, 1.54) is 12.3 Å². The van der Waals surface area contributed by atoms with Gasteiger partial charge < -0.3 is 24.8 Å². The van der Waals surface area contributed by atoms with Crippen molar-refractivity contribution in [2.45, 2.75) is 0 Å². The zero-order valence-corrected chi connectivity index (χ0v) is 17.6. The van der Waals surface area contributed by atoms with Crippen molar-refractivity contribution in [1.29, 1.82) is 0 Å². The van der Waals surface area contributed by atoms with E-state index in [1.807, 2.05) is 24.3 Å². The first kappa shape index (κ1) is 20.7. The summed E-state index contributed by atoms with van der Waals surface area (Å²) in [5, 5.41) is 3.06. The van der Waals surface area contributed by atoms with Gasteiger partial charge in [0.25, 0.3) is 0 Å². The van der Waals surface area contributed by atoms with Gasteiger partial charge in [-0.05, 0) is 42.5 Å². The molecule has 0 bridgehead atoms. The van der Waals surface area contributed by atoms with Crippen LogP contribution in [0.25, 0.3) is 10.9 Å². The van der Waals surface area contributed by atoms with E-state index in [0.717, 1.165) is 23.3 Å². The second-order valence-electron chi connectivity index (χ2n) is 7.70. The van der Waals surface area contributed by atoms with Crippen LogP contribution in [-0.4, -0.2) is 47.1 Å². The fraction of sp³-hybridized carbons (Fsp3) is 0.167. The minimum atomic E-state index is -0.698. The number of piperazine rings is 1. The summed E-state index contributed by atoms with van der Waals surface area (Å²) >= 11 is 0. The van der Waals surface area contributed by atoms with Gasteiger partial charge in [0.15, 0.2) is 0 Å². The lowest BCUT2D eigenvalue weighted by molar-refractivity contribution is 0.208. The van der Waals surface area contributed by atoms with Crippen LogP contribution in [0.5, 0.6) is 11.5 Å². The fourth-order valence-electron chi connectivity index (χ4n) is 3.89. The number of aromatic amines is 1. The maximum atomic E-state index is 13.9. The molecule has 0 unspecified atom stereocenters. The zero-order valence-electron chi connectivity index (χ0n) is 17.6. The maximum absolute atomic E-state index is 13.9. The molecule has 2 N–H and O–H groups in total. The summed E-state index contributed by atoms with van der Waals surface area (Å²) in [7, 11) is 0. The molecule has 7 nitrogen and oxygen atoms in total. The molecule has 33 heavy (non-hydrogen) atoms. The number of carbonyl (C=O) groups is 1. The van der Waals surface area contributed by atoms with Crippen molar-refractivity contribution in [3.05, 3.63) is 78.8 Å². The van der Waals surface area contributed by atoms with E-state index in [-0.39, 0.29) is 11.5 Å². The van der Waals surface area contributed by atoms with Gasteiger partial charge in [-0.2, -0.15) is 0 Å². The Morgan fingerprint density at radius 3 is 2.39 bits per heavy atom. The lowest BCUT2D eigenvalue weighted by Crippen LogP contribution is -2.50. The molecule has 0 saturated carbocycles. The number of fused-ring (bicyclic) bond motifs is 1. The van der Waals surface area contributed by atoms with E-state index in [0.29, 0.717) is 37.3 Å². The van der Waals surface area contributed by atoms with Crippen molar-refractivity contribution in [1.82, 2.24) is 14.9 Å². The van der Waals surface area contributed by atoms with Crippen molar-refractivity contribution in [3.8, 4) is 11.5 Å². The summed E-state index contributed by atoms with van der Waals surface area (Å²) in [4.78, 5) is 23.3. The number of nitrogens with zero attached hydrogens (tertiary/aromatic N) is 3. The lowest BCUT2D eigenvalue weighted by atomic mass is 10.2. The SMILES string of the molecule is O=C(Nc1c[nH]c2c(F)cc(F)cc12)N1CCN(c2ccc(Oc3ccncc3)cc2)CC1. The molecule has 3 heterocycles. The minimum absolute atomic E-state index is 0.160. The number of urea groups is 1. The van der Waals surface area contributed by atoms with Crippen LogP contribution >= 0.6 is 0 Å². The number of amides is 2. The molecule has 168 valence electrons. The molecule has 1 aliphatic rings. The molecule has 1 fully saturated rings. The highest BCUT2D eigenvalue weighted by atomic mass is 19.1. The van der Waals surface area contributed by atoms with Crippen molar-refractivity contribution < 1.29 is 18.3 Å². The molecule has 9 heteroatoms. The molecule has 1 aliphatic heterocycles. The number of nitrogens with one attached hydrogen (secondary N) is 2. The van der Waals surface area contributed by atoms with Crippen LogP contribution < -0.4 is 15.0 Å². The van der Waals surface area contributed by atoms with E-state index >= 15 is 0 Å². The monoisotopic (exact) mass is 449 g/mol. The van der Waals surface area contributed by atoms with Crippen LogP contribution in [0.1, 0.15) is 0 Å². The Bertz CT molecular complexity index is 1270. The van der Waals surface area contributed by atoms with Gasteiger partial charge in [-0.25, -0.2) is 13.6 Å². The number of carbonyl (C=O) groups excluding carboxylic acids is 1. The molecule has 2 aromatic heterocycles. The number of benzene rings is 2. The first-order valence-corrected chi connectivity index (χ1v) is 10.5. The van der Waals surface area contributed by atoms with Crippen LogP contribution in [-0.2, 0) is 0 Å². The summed E-state index contributed by atoms with van der Waals surface area (Å²) in [6, 6.07) is 13.1. The van der Waals surface area contributed by atoms with E-state index < -0.39 is 11.6 Å². The van der Waals surface area contributed by atoms with Crippen LogP contribution in [0.3, 0.4) is 0 Å². The van der Waals surface area contributed by atoms with Crippen molar-refractivity contribution in [2.24, 2.45) is 0 Å². The number of rotatable bonds is 4. The average molecular weight is 449 g/mol. The molecule has 0 radical (unpaired) electrons. The molecule has 5 rings (SSSR count).